The van der Waals surface area contributed by atoms with Gasteiger partial charge in [0, 0.05) is 12.0 Å². The van der Waals surface area contributed by atoms with Crippen molar-refractivity contribution in [3.63, 3.8) is 0 Å². The van der Waals surface area contributed by atoms with Crippen molar-refractivity contribution in [2.75, 3.05) is 13.2 Å². The van der Waals surface area contributed by atoms with Gasteiger partial charge < -0.3 is 9.47 Å². The summed E-state index contributed by atoms with van der Waals surface area (Å²) in [7, 11) is 0. The summed E-state index contributed by atoms with van der Waals surface area (Å²) < 4.78 is 10.5. The average molecular weight is 248 g/mol. The number of hydrogen-bond donors (Lipinski definition) is 1. The first-order valence-electron chi connectivity index (χ1n) is 5.93. The van der Waals surface area contributed by atoms with Crippen molar-refractivity contribution in [3.05, 3.63) is 30.0 Å². The topological polar surface area (TPSA) is 64.2 Å². The quantitative estimate of drug-likeness (QED) is 0.823. The Kier molecular flexibility index (Phi) is 3.94. The fourth-order valence-electron chi connectivity index (χ4n) is 1.70. The molecule has 5 heteroatoms. The van der Waals surface area contributed by atoms with Gasteiger partial charge in [-0.2, -0.15) is 5.10 Å². The third kappa shape index (κ3) is 2.68. The second kappa shape index (κ2) is 5.64. The summed E-state index contributed by atoms with van der Waals surface area (Å²) in [5.41, 5.74) is 1.19. The summed E-state index contributed by atoms with van der Waals surface area (Å²) in [6.45, 7) is 4.72. The van der Waals surface area contributed by atoms with Gasteiger partial charge in [0.2, 0.25) is 0 Å². The average Bonchev–Trinajstić information content (AvgIpc) is 2.84. The highest BCUT2D eigenvalue weighted by Crippen LogP contribution is 2.17. The van der Waals surface area contributed by atoms with Gasteiger partial charge in [0.25, 0.3) is 0 Å². The maximum Gasteiger partial charge on any atom is 0.340 e. The lowest BCUT2D eigenvalue weighted by molar-refractivity contribution is 0.00456. The van der Waals surface area contributed by atoms with Crippen LogP contribution in [-0.4, -0.2) is 35.5 Å². The molecule has 1 aromatic carbocycles. The lowest BCUT2D eigenvalue weighted by Gasteiger charge is -2.13. The molecule has 1 heterocycles. The van der Waals surface area contributed by atoms with Crippen molar-refractivity contribution in [1.29, 1.82) is 0 Å². The van der Waals surface area contributed by atoms with Gasteiger partial charge in [0.05, 0.1) is 23.9 Å². The number of esters is 1. The second-order valence-electron chi connectivity index (χ2n) is 4.02. The van der Waals surface area contributed by atoms with E-state index < -0.39 is 0 Å². The number of aromatic nitrogens is 2. The van der Waals surface area contributed by atoms with E-state index in [1.807, 2.05) is 19.1 Å². The second-order valence-corrected chi connectivity index (χ2v) is 4.02. The van der Waals surface area contributed by atoms with Crippen LogP contribution in [0.15, 0.2) is 24.4 Å². The first-order valence-corrected chi connectivity index (χ1v) is 5.93. The van der Waals surface area contributed by atoms with E-state index in [2.05, 4.69) is 10.2 Å². The zero-order valence-corrected chi connectivity index (χ0v) is 10.5. The van der Waals surface area contributed by atoms with E-state index in [9.17, 15) is 4.79 Å². The number of nitrogens with zero attached hydrogens (tertiary/aromatic N) is 1. The molecule has 18 heavy (non-hydrogen) atoms. The number of carbonyl (C=O) groups is 1. The fourth-order valence-corrected chi connectivity index (χ4v) is 1.70. The summed E-state index contributed by atoms with van der Waals surface area (Å²) in [4.78, 5) is 12.0. The molecule has 1 aromatic heterocycles. The molecule has 0 aliphatic heterocycles. The van der Waals surface area contributed by atoms with Gasteiger partial charge in [0.15, 0.2) is 0 Å². The summed E-state index contributed by atoms with van der Waals surface area (Å²) >= 11 is 0. The van der Waals surface area contributed by atoms with Gasteiger partial charge in [0.1, 0.15) is 6.10 Å². The van der Waals surface area contributed by atoms with Crippen LogP contribution in [0.5, 0.6) is 0 Å². The van der Waals surface area contributed by atoms with Gasteiger partial charge in [-0.05, 0) is 19.9 Å². The van der Waals surface area contributed by atoms with E-state index >= 15 is 0 Å². The molecule has 0 fully saturated rings. The van der Waals surface area contributed by atoms with Crippen LogP contribution in [0.25, 0.3) is 10.9 Å². The number of fused-ring (bicyclic) bond motifs is 1. The lowest BCUT2D eigenvalue weighted by atomic mass is 10.1. The standard InChI is InChI=1S/C13H16N2O3/c1-3-17-8-9(2)18-13(16)11-6-4-5-10-7-14-15-12(10)11/h4-7,9H,3,8H2,1-2H3,(H,14,15). The first-order chi connectivity index (χ1) is 8.72. The molecule has 5 nitrogen and oxygen atoms in total. The van der Waals surface area contributed by atoms with Gasteiger partial charge >= 0.3 is 5.97 Å². The largest absolute Gasteiger partial charge is 0.457 e. The molecule has 0 aliphatic rings. The van der Waals surface area contributed by atoms with Crippen LogP contribution in [0.3, 0.4) is 0 Å². The van der Waals surface area contributed by atoms with E-state index in [0.29, 0.717) is 24.3 Å². The van der Waals surface area contributed by atoms with Crippen LogP contribution in [0.1, 0.15) is 24.2 Å². The van der Waals surface area contributed by atoms with Gasteiger partial charge in [-0.25, -0.2) is 4.79 Å². The van der Waals surface area contributed by atoms with Crippen LogP contribution in [0.4, 0.5) is 0 Å². The molecule has 0 saturated carbocycles. The molecule has 96 valence electrons. The van der Waals surface area contributed by atoms with Crippen LogP contribution in [0, 0.1) is 0 Å². The normalized spacial score (nSPS) is 12.6. The Morgan fingerprint density at radius 1 is 1.50 bits per heavy atom. The molecule has 0 amide bonds. The number of rotatable bonds is 5. The number of aromatic amines is 1. The third-order valence-electron chi connectivity index (χ3n) is 2.56. The molecule has 0 spiro atoms. The van der Waals surface area contributed by atoms with Crippen molar-refractivity contribution in [1.82, 2.24) is 10.2 Å². The first kappa shape index (κ1) is 12.6. The number of H-pyrrole nitrogens is 1. The molecule has 2 aromatic rings. The molecule has 0 saturated heterocycles. The molecule has 1 N–H and O–H groups in total. The maximum absolute atomic E-state index is 12.0. The minimum Gasteiger partial charge on any atom is -0.457 e. The highest BCUT2D eigenvalue weighted by atomic mass is 16.6. The third-order valence-corrected chi connectivity index (χ3v) is 2.56. The lowest BCUT2D eigenvalue weighted by Crippen LogP contribution is -2.20. The number of para-hydroxylation sites is 1. The number of carbonyl (C=O) groups excluding carboxylic acids is 1. The Labute approximate surface area is 105 Å². The van der Waals surface area contributed by atoms with Crippen molar-refractivity contribution in [2.45, 2.75) is 20.0 Å². The summed E-state index contributed by atoms with van der Waals surface area (Å²) in [5, 5.41) is 7.61. The van der Waals surface area contributed by atoms with Crippen LogP contribution in [0.2, 0.25) is 0 Å². The number of hydrogen-bond acceptors (Lipinski definition) is 4. The Hall–Kier alpha value is -1.88. The number of ether oxygens (including phenoxy) is 2. The van der Waals surface area contributed by atoms with Gasteiger partial charge in [-0.15, -0.1) is 0 Å². The molecule has 0 radical (unpaired) electrons. The monoisotopic (exact) mass is 248 g/mol. The van der Waals surface area contributed by atoms with E-state index in [-0.39, 0.29) is 12.1 Å². The molecular formula is C13H16N2O3. The Morgan fingerprint density at radius 3 is 3.11 bits per heavy atom. The zero-order valence-electron chi connectivity index (χ0n) is 10.5. The van der Waals surface area contributed by atoms with E-state index in [0.717, 1.165) is 5.39 Å². The van der Waals surface area contributed by atoms with E-state index in [1.165, 1.54) is 0 Å². The van der Waals surface area contributed by atoms with Crippen LogP contribution in [-0.2, 0) is 9.47 Å². The highest BCUT2D eigenvalue weighted by molar-refractivity contribution is 6.02. The van der Waals surface area contributed by atoms with Crippen LogP contribution < -0.4 is 0 Å². The zero-order chi connectivity index (χ0) is 13.0. The molecule has 0 bridgehead atoms. The van der Waals surface area contributed by atoms with Gasteiger partial charge in [-0.3, -0.25) is 5.10 Å². The van der Waals surface area contributed by atoms with Crippen molar-refractivity contribution < 1.29 is 14.3 Å². The molecular weight excluding hydrogens is 232 g/mol. The summed E-state index contributed by atoms with van der Waals surface area (Å²) in [5.74, 6) is -0.364. The molecule has 1 unspecified atom stereocenters. The Balaban J connectivity index is 2.11. The maximum atomic E-state index is 12.0. The molecule has 1 atom stereocenters. The highest BCUT2D eigenvalue weighted by Gasteiger charge is 2.15. The summed E-state index contributed by atoms with van der Waals surface area (Å²) in [6.07, 6.45) is 1.41. The van der Waals surface area contributed by atoms with Crippen molar-refractivity contribution in [2.24, 2.45) is 0 Å². The van der Waals surface area contributed by atoms with Crippen molar-refractivity contribution >= 4 is 16.9 Å². The number of benzene rings is 1. The Bertz CT molecular complexity index is 536. The smallest absolute Gasteiger partial charge is 0.340 e. The van der Waals surface area contributed by atoms with Crippen molar-refractivity contribution in [3.8, 4) is 0 Å². The summed E-state index contributed by atoms with van der Waals surface area (Å²) in [6, 6.07) is 5.41. The minimum absolute atomic E-state index is 0.268. The van der Waals surface area contributed by atoms with Crippen LogP contribution >= 0.6 is 0 Å². The van der Waals surface area contributed by atoms with E-state index in [1.54, 1.807) is 19.2 Å². The van der Waals surface area contributed by atoms with E-state index in [4.69, 9.17) is 9.47 Å². The Morgan fingerprint density at radius 2 is 2.33 bits per heavy atom. The molecule has 2 rings (SSSR count). The predicted octanol–water partition coefficient (Wildman–Crippen LogP) is 2.14. The predicted molar refractivity (Wildman–Crippen MR) is 67.5 cm³/mol. The minimum atomic E-state index is -0.364. The van der Waals surface area contributed by atoms with Gasteiger partial charge in [-0.1, -0.05) is 12.1 Å². The SMILES string of the molecule is CCOCC(C)OC(=O)c1cccc2cn[nH]c12. The number of nitrogens with one attached hydrogen (secondary N) is 1. The fraction of sp³-hybridized carbons (Fsp3) is 0.385. The molecule has 0 aliphatic carbocycles.